The molecule has 0 aliphatic heterocycles. The fraction of sp³-hybridized carbons (Fsp3) is 0.200. The monoisotopic (exact) mass is 340 g/mol. The Morgan fingerprint density at radius 3 is 2.47 bits per heavy atom. The lowest BCUT2D eigenvalue weighted by atomic mass is 10.3. The predicted molar refractivity (Wildman–Crippen MR) is 81.2 cm³/mol. The lowest BCUT2D eigenvalue weighted by Gasteiger charge is -2.09. The van der Waals surface area contributed by atoms with Crippen LogP contribution in [-0.2, 0) is 0 Å². The van der Waals surface area contributed by atoms with Crippen molar-refractivity contribution in [2.75, 3.05) is 13.2 Å². The van der Waals surface area contributed by atoms with Gasteiger partial charge in [-0.1, -0.05) is 45.7 Å². The van der Waals surface area contributed by atoms with Crippen LogP contribution in [0.3, 0.4) is 0 Å². The van der Waals surface area contributed by atoms with E-state index in [1.54, 1.807) is 6.07 Å². The molecular weight excluding hydrogens is 328 g/mol. The molecule has 100 valence electrons. The molecule has 0 aliphatic carbocycles. The van der Waals surface area contributed by atoms with Gasteiger partial charge >= 0.3 is 0 Å². The first-order chi connectivity index (χ1) is 9.25. The van der Waals surface area contributed by atoms with Crippen LogP contribution in [0.15, 0.2) is 53.0 Å². The zero-order chi connectivity index (χ0) is 13.5. The summed E-state index contributed by atoms with van der Waals surface area (Å²) in [5, 5.41) is 0.618. The third kappa shape index (κ3) is 4.77. The molecule has 0 fully saturated rings. The minimum atomic E-state index is 0.572. The van der Waals surface area contributed by atoms with Crippen molar-refractivity contribution in [2.45, 2.75) is 6.42 Å². The number of hydrogen-bond acceptors (Lipinski definition) is 2. The van der Waals surface area contributed by atoms with Crippen LogP contribution in [0.2, 0.25) is 5.02 Å². The van der Waals surface area contributed by atoms with Gasteiger partial charge in [-0.2, -0.15) is 0 Å². The molecule has 2 nitrogen and oxygen atoms in total. The number of hydrogen-bond donors (Lipinski definition) is 0. The zero-order valence-corrected chi connectivity index (χ0v) is 12.7. The van der Waals surface area contributed by atoms with Crippen molar-refractivity contribution < 1.29 is 9.47 Å². The van der Waals surface area contributed by atoms with Gasteiger partial charge in [0.2, 0.25) is 0 Å². The summed E-state index contributed by atoms with van der Waals surface area (Å²) in [6.07, 6.45) is 0.803. The van der Waals surface area contributed by atoms with Crippen molar-refractivity contribution in [1.29, 1.82) is 0 Å². The molecule has 4 heteroatoms. The van der Waals surface area contributed by atoms with E-state index in [1.165, 1.54) is 0 Å². The van der Waals surface area contributed by atoms with Gasteiger partial charge in [0, 0.05) is 10.9 Å². The number of ether oxygens (including phenoxy) is 2. The van der Waals surface area contributed by atoms with E-state index in [0.717, 1.165) is 16.6 Å². The van der Waals surface area contributed by atoms with Crippen LogP contribution in [0.5, 0.6) is 11.5 Å². The molecule has 0 saturated heterocycles. The number of rotatable bonds is 6. The minimum absolute atomic E-state index is 0.572. The molecule has 0 unspecified atom stereocenters. The van der Waals surface area contributed by atoms with Crippen molar-refractivity contribution in [3.63, 3.8) is 0 Å². The van der Waals surface area contributed by atoms with Crippen LogP contribution < -0.4 is 9.47 Å². The third-order valence-electron chi connectivity index (χ3n) is 2.45. The predicted octanol–water partition coefficient (Wildman–Crippen LogP) is 4.95. The normalized spacial score (nSPS) is 10.2. The first kappa shape index (κ1) is 14.2. The van der Waals surface area contributed by atoms with Crippen LogP contribution in [0, 0.1) is 0 Å². The topological polar surface area (TPSA) is 18.5 Å². The van der Waals surface area contributed by atoms with Crippen molar-refractivity contribution in [3.8, 4) is 11.5 Å². The van der Waals surface area contributed by atoms with Gasteiger partial charge in [-0.05, 0) is 30.3 Å². The Morgan fingerprint density at radius 1 is 0.947 bits per heavy atom. The van der Waals surface area contributed by atoms with E-state index >= 15 is 0 Å². The number of para-hydroxylation sites is 1. The quantitative estimate of drug-likeness (QED) is 0.692. The number of halogens is 2. The van der Waals surface area contributed by atoms with E-state index < -0.39 is 0 Å². The second kappa shape index (κ2) is 7.41. The summed E-state index contributed by atoms with van der Waals surface area (Å²) >= 11 is 9.41. The molecule has 0 N–H and O–H groups in total. The highest BCUT2D eigenvalue weighted by Gasteiger charge is 2.02. The first-order valence-corrected chi connectivity index (χ1v) is 7.18. The molecular formula is C15H14BrClO2. The summed E-state index contributed by atoms with van der Waals surface area (Å²) in [7, 11) is 0. The Hall–Kier alpha value is -1.19. The minimum Gasteiger partial charge on any atom is -0.493 e. The van der Waals surface area contributed by atoms with E-state index in [2.05, 4.69) is 15.9 Å². The van der Waals surface area contributed by atoms with Gasteiger partial charge in [-0.3, -0.25) is 0 Å². The smallest absolute Gasteiger partial charge is 0.139 e. The Kier molecular flexibility index (Phi) is 5.55. The standard InChI is InChI=1S/C15H14BrClO2/c16-12-7-8-14(17)15(11-12)19-10-4-9-18-13-5-2-1-3-6-13/h1-3,5-8,11H,4,9-10H2. The maximum absolute atomic E-state index is 6.03. The molecule has 19 heavy (non-hydrogen) atoms. The van der Waals surface area contributed by atoms with E-state index in [0.29, 0.717) is 24.0 Å². The van der Waals surface area contributed by atoms with Crippen LogP contribution in [-0.4, -0.2) is 13.2 Å². The van der Waals surface area contributed by atoms with Crippen LogP contribution in [0.1, 0.15) is 6.42 Å². The van der Waals surface area contributed by atoms with E-state index in [9.17, 15) is 0 Å². The third-order valence-corrected chi connectivity index (χ3v) is 3.26. The second-order valence-electron chi connectivity index (χ2n) is 3.94. The molecule has 0 amide bonds. The van der Waals surface area contributed by atoms with Gasteiger partial charge in [0.05, 0.1) is 18.2 Å². The highest BCUT2D eigenvalue weighted by atomic mass is 79.9. The fourth-order valence-corrected chi connectivity index (χ4v) is 2.05. The lowest BCUT2D eigenvalue weighted by Crippen LogP contribution is -2.05. The average Bonchev–Trinajstić information content (AvgIpc) is 2.43. The molecule has 0 atom stereocenters. The molecule has 0 radical (unpaired) electrons. The van der Waals surface area contributed by atoms with Crippen LogP contribution >= 0.6 is 27.5 Å². The zero-order valence-electron chi connectivity index (χ0n) is 10.3. The molecule has 0 heterocycles. The summed E-state index contributed by atoms with van der Waals surface area (Å²) < 4.78 is 12.1. The lowest BCUT2D eigenvalue weighted by molar-refractivity contribution is 0.247. The second-order valence-corrected chi connectivity index (χ2v) is 5.26. The van der Waals surface area contributed by atoms with Gasteiger partial charge in [-0.15, -0.1) is 0 Å². The highest BCUT2D eigenvalue weighted by molar-refractivity contribution is 9.10. The van der Waals surface area contributed by atoms with Crippen molar-refractivity contribution in [1.82, 2.24) is 0 Å². The van der Waals surface area contributed by atoms with Crippen molar-refractivity contribution >= 4 is 27.5 Å². The first-order valence-electron chi connectivity index (χ1n) is 6.01. The van der Waals surface area contributed by atoms with Gasteiger partial charge < -0.3 is 9.47 Å². The Balaban J connectivity index is 1.71. The molecule has 0 bridgehead atoms. The Labute approximate surface area is 126 Å². The Bertz CT molecular complexity index is 517. The van der Waals surface area contributed by atoms with Gasteiger partial charge in [-0.25, -0.2) is 0 Å². The molecule has 2 aromatic rings. The number of benzene rings is 2. The largest absolute Gasteiger partial charge is 0.493 e. The maximum Gasteiger partial charge on any atom is 0.139 e. The molecule has 2 rings (SSSR count). The van der Waals surface area contributed by atoms with E-state index in [4.69, 9.17) is 21.1 Å². The van der Waals surface area contributed by atoms with Crippen molar-refractivity contribution in [3.05, 3.63) is 58.0 Å². The highest BCUT2D eigenvalue weighted by Crippen LogP contribution is 2.27. The van der Waals surface area contributed by atoms with E-state index in [-0.39, 0.29) is 0 Å². The van der Waals surface area contributed by atoms with E-state index in [1.807, 2.05) is 42.5 Å². The SMILES string of the molecule is Clc1ccc(Br)cc1OCCCOc1ccccc1. The van der Waals surface area contributed by atoms with Crippen LogP contribution in [0.25, 0.3) is 0 Å². The summed E-state index contributed by atoms with van der Waals surface area (Å²) in [6, 6.07) is 15.3. The van der Waals surface area contributed by atoms with Crippen molar-refractivity contribution in [2.24, 2.45) is 0 Å². The van der Waals surface area contributed by atoms with Gasteiger partial charge in [0.1, 0.15) is 11.5 Å². The molecule has 0 aromatic heterocycles. The summed E-state index contributed by atoms with van der Waals surface area (Å²) in [5.74, 6) is 1.57. The Morgan fingerprint density at radius 2 is 1.68 bits per heavy atom. The van der Waals surface area contributed by atoms with Crippen LogP contribution in [0.4, 0.5) is 0 Å². The maximum atomic E-state index is 6.03. The summed E-state index contributed by atoms with van der Waals surface area (Å²) in [6.45, 7) is 1.19. The molecule has 0 spiro atoms. The summed E-state index contributed by atoms with van der Waals surface area (Å²) in [4.78, 5) is 0. The average molecular weight is 342 g/mol. The molecule has 0 aliphatic rings. The van der Waals surface area contributed by atoms with Gasteiger partial charge in [0.15, 0.2) is 0 Å². The molecule has 2 aromatic carbocycles. The molecule has 0 saturated carbocycles. The van der Waals surface area contributed by atoms with Gasteiger partial charge in [0.25, 0.3) is 0 Å². The summed E-state index contributed by atoms with van der Waals surface area (Å²) in [5.41, 5.74) is 0. The fourth-order valence-electron chi connectivity index (χ4n) is 1.54.